The van der Waals surface area contributed by atoms with Gasteiger partial charge in [0.2, 0.25) is 0 Å². The van der Waals surface area contributed by atoms with E-state index in [1.165, 1.54) is 5.56 Å². The lowest BCUT2D eigenvalue weighted by molar-refractivity contribution is 0.0408. The van der Waals surface area contributed by atoms with Crippen molar-refractivity contribution in [2.75, 3.05) is 6.54 Å². The number of aliphatic hydroxyl groups excluding tert-OH is 2. The molecule has 1 aromatic carbocycles. The van der Waals surface area contributed by atoms with Gasteiger partial charge in [-0.25, -0.2) is 0 Å². The maximum Gasteiger partial charge on any atom is 0.0967 e. The predicted octanol–water partition coefficient (Wildman–Crippen LogP) is -0.0773. The van der Waals surface area contributed by atoms with Crippen LogP contribution in [0.4, 0.5) is 0 Å². The van der Waals surface area contributed by atoms with Crippen LogP contribution in [0.25, 0.3) is 0 Å². The van der Waals surface area contributed by atoms with Gasteiger partial charge in [-0.05, 0) is 12.0 Å². The zero-order valence-electron chi connectivity index (χ0n) is 7.93. The Morgan fingerprint density at radius 2 is 1.93 bits per heavy atom. The van der Waals surface area contributed by atoms with E-state index in [1.807, 2.05) is 30.3 Å². The van der Waals surface area contributed by atoms with Crippen molar-refractivity contribution in [2.45, 2.75) is 24.7 Å². The van der Waals surface area contributed by atoms with Crippen LogP contribution >= 0.6 is 0 Å². The molecule has 14 heavy (non-hydrogen) atoms. The molecule has 1 aliphatic heterocycles. The van der Waals surface area contributed by atoms with Crippen LogP contribution in [0.5, 0.6) is 0 Å². The Bertz CT molecular complexity index is 289. The van der Waals surface area contributed by atoms with Crippen LogP contribution in [-0.2, 0) is 6.42 Å². The second kappa shape index (κ2) is 4.09. The number of benzene rings is 1. The summed E-state index contributed by atoms with van der Waals surface area (Å²) in [5.74, 6) is 0. The highest BCUT2D eigenvalue weighted by atomic mass is 16.3. The summed E-state index contributed by atoms with van der Waals surface area (Å²) in [6.07, 6.45) is -0.502. The number of β-amino-alcohol motifs (C(OH)–C–C–N with tert-alkyl or cyclic N) is 1. The highest BCUT2D eigenvalue weighted by Gasteiger charge is 2.32. The first kappa shape index (κ1) is 9.65. The van der Waals surface area contributed by atoms with Crippen LogP contribution in [0.2, 0.25) is 0 Å². The van der Waals surface area contributed by atoms with E-state index in [2.05, 4.69) is 5.32 Å². The molecule has 3 heteroatoms. The fourth-order valence-corrected chi connectivity index (χ4v) is 1.84. The summed E-state index contributed by atoms with van der Waals surface area (Å²) in [5, 5.41) is 22.0. The Hall–Kier alpha value is -0.900. The maximum absolute atomic E-state index is 9.61. The molecule has 1 aliphatic rings. The van der Waals surface area contributed by atoms with E-state index in [0.717, 1.165) is 6.42 Å². The van der Waals surface area contributed by atoms with E-state index in [9.17, 15) is 10.2 Å². The summed E-state index contributed by atoms with van der Waals surface area (Å²) < 4.78 is 0. The van der Waals surface area contributed by atoms with E-state index < -0.39 is 12.2 Å². The minimum atomic E-state index is -0.643. The van der Waals surface area contributed by atoms with Crippen LogP contribution in [-0.4, -0.2) is 35.0 Å². The summed E-state index contributed by atoms with van der Waals surface area (Å²) in [7, 11) is 0. The second-order valence-corrected chi connectivity index (χ2v) is 3.76. The van der Waals surface area contributed by atoms with Gasteiger partial charge in [0.1, 0.15) is 0 Å². The third-order valence-electron chi connectivity index (χ3n) is 2.69. The van der Waals surface area contributed by atoms with Gasteiger partial charge in [0.15, 0.2) is 0 Å². The lowest BCUT2D eigenvalue weighted by Crippen LogP contribution is -2.34. The molecule has 1 saturated heterocycles. The quantitative estimate of drug-likeness (QED) is 0.616. The van der Waals surface area contributed by atoms with E-state index >= 15 is 0 Å². The maximum atomic E-state index is 9.61. The van der Waals surface area contributed by atoms with Crippen LogP contribution in [0.15, 0.2) is 30.3 Å². The molecule has 1 heterocycles. The predicted molar refractivity (Wildman–Crippen MR) is 54.0 cm³/mol. The molecule has 0 saturated carbocycles. The van der Waals surface area contributed by atoms with Crippen LogP contribution in [0.3, 0.4) is 0 Å². The van der Waals surface area contributed by atoms with Gasteiger partial charge in [-0.15, -0.1) is 0 Å². The molecule has 0 aromatic heterocycles. The Balaban J connectivity index is 1.99. The van der Waals surface area contributed by atoms with E-state index in [0.29, 0.717) is 6.54 Å². The molecule has 2 rings (SSSR count). The van der Waals surface area contributed by atoms with Crippen molar-refractivity contribution in [3.8, 4) is 0 Å². The van der Waals surface area contributed by atoms with Crippen molar-refractivity contribution < 1.29 is 10.2 Å². The summed E-state index contributed by atoms with van der Waals surface area (Å²) >= 11 is 0. The van der Waals surface area contributed by atoms with Crippen molar-refractivity contribution in [2.24, 2.45) is 0 Å². The van der Waals surface area contributed by atoms with E-state index in [1.54, 1.807) is 0 Å². The largest absolute Gasteiger partial charge is 0.389 e. The molecule has 0 bridgehead atoms. The van der Waals surface area contributed by atoms with Crippen molar-refractivity contribution in [1.29, 1.82) is 0 Å². The third kappa shape index (κ3) is 1.95. The van der Waals surface area contributed by atoms with Gasteiger partial charge in [-0.2, -0.15) is 0 Å². The zero-order valence-corrected chi connectivity index (χ0v) is 7.93. The topological polar surface area (TPSA) is 52.5 Å². The zero-order chi connectivity index (χ0) is 9.97. The van der Waals surface area contributed by atoms with Gasteiger partial charge in [0.05, 0.1) is 12.2 Å². The van der Waals surface area contributed by atoms with Crippen molar-refractivity contribution in [1.82, 2.24) is 5.32 Å². The first-order valence-electron chi connectivity index (χ1n) is 4.91. The summed E-state index contributed by atoms with van der Waals surface area (Å²) in [6.45, 7) is 0.485. The Labute approximate surface area is 83.4 Å². The molecular weight excluding hydrogens is 178 g/mol. The number of hydrogen-bond donors (Lipinski definition) is 3. The standard InChI is InChI=1S/C11H15NO2/c13-10-7-12-9(11(10)14)6-8-4-2-1-3-5-8/h1-5,9-14H,6-7H2/t9-,10+,11-/m0/s1. The summed E-state index contributed by atoms with van der Waals surface area (Å²) in [6, 6.07) is 9.96. The van der Waals surface area contributed by atoms with Crippen molar-refractivity contribution in [3.05, 3.63) is 35.9 Å². The van der Waals surface area contributed by atoms with Gasteiger partial charge in [-0.3, -0.25) is 0 Å². The van der Waals surface area contributed by atoms with Gasteiger partial charge in [0, 0.05) is 12.6 Å². The number of aliphatic hydroxyl groups is 2. The molecule has 3 nitrogen and oxygen atoms in total. The molecule has 0 spiro atoms. The molecule has 0 aliphatic carbocycles. The summed E-state index contributed by atoms with van der Waals surface area (Å²) in [4.78, 5) is 0. The van der Waals surface area contributed by atoms with Gasteiger partial charge in [0.25, 0.3) is 0 Å². The van der Waals surface area contributed by atoms with Crippen LogP contribution in [0, 0.1) is 0 Å². The fourth-order valence-electron chi connectivity index (χ4n) is 1.84. The smallest absolute Gasteiger partial charge is 0.0967 e. The monoisotopic (exact) mass is 193 g/mol. The second-order valence-electron chi connectivity index (χ2n) is 3.76. The molecule has 0 radical (unpaired) electrons. The minimum Gasteiger partial charge on any atom is -0.389 e. The minimum absolute atomic E-state index is 0.0209. The lowest BCUT2D eigenvalue weighted by atomic mass is 10.0. The average molecular weight is 193 g/mol. The molecule has 76 valence electrons. The Morgan fingerprint density at radius 1 is 1.21 bits per heavy atom. The first-order valence-corrected chi connectivity index (χ1v) is 4.91. The SMILES string of the molecule is O[C@@H]1[C@H](O)CN[C@H]1Cc1ccccc1. The van der Waals surface area contributed by atoms with Gasteiger partial charge < -0.3 is 15.5 Å². The molecule has 0 unspecified atom stereocenters. The molecule has 3 atom stereocenters. The van der Waals surface area contributed by atoms with Gasteiger partial charge >= 0.3 is 0 Å². The van der Waals surface area contributed by atoms with Crippen molar-refractivity contribution >= 4 is 0 Å². The third-order valence-corrected chi connectivity index (χ3v) is 2.69. The first-order chi connectivity index (χ1) is 6.77. The number of hydrogen-bond acceptors (Lipinski definition) is 3. The molecule has 1 fully saturated rings. The molecule has 1 aromatic rings. The highest BCUT2D eigenvalue weighted by molar-refractivity contribution is 5.17. The van der Waals surface area contributed by atoms with Gasteiger partial charge in [-0.1, -0.05) is 30.3 Å². The number of rotatable bonds is 2. The normalized spacial score (nSPS) is 32.0. The highest BCUT2D eigenvalue weighted by Crippen LogP contribution is 2.13. The van der Waals surface area contributed by atoms with Crippen LogP contribution < -0.4 is 5.32 Å². The van der Waals surface area contributed by atoms with Crippen LogP contribution in [0.1, 0.15) is 5.56 Å². The average Bonchev–Trinajstić information content (AvgIpc) is 2.52. The molecule has 0 amide bonds. The number of nitrogens with one attached hydrogen (secondary N) is 1. The van der Waals surface area contributed by atoms with E-state index in [4.69, 9.17) is 0 Å². The summed E-state index contributed by atoms with van der Waals surface area (Å²) in [5.41, 5.74) is 1.18. The van der Waals surface area contributed by atoms with Crippen molar-refractivity contribution in [3.63, 3.8) is 0 Å². The van der Waals surface area contributed by atoms with E-state index in [-0.39, 0.29) is 6.04 Å². The lowest BCUT2D eigenvalue weighted by Gasteiger charge is -2.15. The fraction of sp³-hybridized carbons (Fsp3) is 0.455. The Kier molecular flexibility index (Phi) is 2.82. The Morgan fingerprint density at radius 3 is 2.50 bits per heavy atom. The molecular formula is C11H15NO2. The molecule has 3 N–H and O–H groups in total.